The summed E-state index contributed by atoms with van der Waals surface area (Å²) in [6.07, 6.45) is 0. The highest BCUT2D eigenvalue weighted by molar-refractivity contribution is 6.06. The summed E-state index contributed by atoms with van der Waals surface area (Å²) in [4.78, 5) is 0. The largest absolute Gasteiger partial charge is 0.456 e. The van der Waals surface area contributed by atoms with Crippen LogP contribution in [0, 0.1) is 12.7 Å². The number of halogens is 1. The van der Waals surface area contributed by atoms with Crippen LogP contribution in [-0.2, 0) is 7.05 Å². The quantitative estimate of drug-likeness (QED) is 0.197. The van der Waals surface area contributed by atoms with Crippen LogP contribution in [0.4, 0.5) is 4.39 Å². The molecule has 0 aliphatic rings. The third-order valence-corrected chi connectivity index (χ3v) is 8.46. The average molecular weight is 560 g/mol. The number of fused-ring (bicyclic) bond motifs is 4. The van der Waals surface area contributed by atoms with Gasteiger partial charge in [-0.25, -0.2) is 8.96 Å². The Labute approximate surface area is 248 Å². The maximum atomic E-state index is 14.1. The number of aromatic nitrogens is 2. The Bertz CT molecular complexity index is 2260. The van der Waals surface area contributed by atoms with Gasteiger partial charge in [0, 0.05) is 28.0 Å². The molecule has 0 bridgehead atoms. The first-order valence-electron chi connectivity index (χ1n) is 14.4. The molecule has 0 amide bonds. The van der Waals surface area contributed by atoms with Gasteiger partial charge in [-0.1, -0.05) is 91.0 Å². The number of hydrogen-bond acceptors (Lipinski definition) is 1. The standard InChI is InChI=1S/C39H28FN2O/c1-25-22-33-31-21-20-28(40)23-36(31)43-37(33)24-32(25)39-41(2)34-18-9-10-19-35(34)42(39)38-29(26-12-5-3-6-13-26)16-11-17-30(38)27-14-7-4-8-15-27/h3-24H,1-2H3/q+1. The molecular formula is C39H28FN2O+. The highest BCUT2D eigenvalue weighted by atomic mass is 19.1. The van der Waals surface area contributed by atoms with Crippen molar-refractivity contribution in [3.63, 3.8) is 0 Å². The lowest BCUT2D eigenvalue weighted by Gasteiger charge is -2.15. The summed E-state index contributed by atoms with van der Waals surface area (Å²) in [7, 11) is 2.12. The molecule has 0 atom stereocenters. The van der Waals surface area contributed by atoms with E-state index in [1.807, 2.05) is 0 Å². The van der Waals surface area contributed by atoms with E-state index in [0.717, 1.165) is 72.3 Å². The molecule has 8 rings (SSSR count). The normalized spacial score (nSPS) is 11.6. The number of hydrogen-bond donors (Lipinski definition) is 0. The van der Waals surface area contributed by atoms with E-state index in [9.17, 15) is 4.39 Å². The van der Waals surface area contributed by atoms with E-state index in [1.165, 1.54) is 12.1 Å². The summed E-state index contributed by atoms with van der Waals surface area (Å²) < 4.78 is 25.0. The van der Waals surface area contributed by atoms with E-state index in [1.54, 1.807) is 6.07 Å². The van der Waals surface area contributed by atoms with Crippen LogP contribution in [0.3, 0.4) is 0 Å². The zero-order valence-electron chi connectivity index (χ0n) is 23.9. The molecule has 0 radical (unpaired) electrons. The summed E-state index contributed by atoms with van der Waals surface area (Å²) in [5, 5.41) is 1.90. The van der Waals surface area contributed by atoms with Crippen molar-refractivity contribution in [2.45, 2.75) is 6.92 Å². The van der Waals surface area contributed by atoms with Gasteiger partial charge in [0.2, 0.25) is 0 Å². The third kappa shape index (κ3) is 3.98. The maximum absolute atomic E-state index is 14.1. The molecule has 0 saturated heterocycles. The van der Waals surface area contributed by atoms with Gasteiger partial charge in [-0.05, 0) is 60.0 Å². The van der Waals surface area contributed by atoms with Crippen LogP contribution in [0.2, 0.25) is 0 Å². The molecule has 0 saturated carbocycles. The fraction of sp³-hybridized carbons (Fsp3) is 0.0513. The van der Waals surface area contributed by atoms with Crippen LogP contribution >= 0.6 is 0 Å². The van der Waals surface area contributed by atoms with E-state index in [2.05, 4.69) is 138 Å². The van der Waals surface area contributed by atoms with Gasteiger partial charge < -0.3 is 4.42 Å². The van der Waals surface area contributed by atoms with Crippen LogP contribution in [0.1, 0.15) is 5.56 Å². The van der Waals surface area contributed by atoms with Crippen molar-refractivity contribution in [1.82, 2.24) is 4.57 Å². The Balaban J connectivity index is 1.51. The second kappa shape index (κ2) is 9.81. The van der Waals surface area contributed by atoms with Crippen molar-refractivity contribution in [3.05, 3.63) is 145 Å². The van der Waals surface area contributed by atoms with Crippen molar-refractivity contribution in [1.29, 1.82) is 0 Å². The topological polar surface area (TPSA) is 21.9 Å². The highest BCUT2D eigenvalue weighted by Crippen LogP contribution is 2.41. The fourth-order valence-corrected chi connectivity index (χ4v) is 6.47. The van der Waals surface area contributed by atoms with Crippen molar-refractivity contribution < 1.29 is 13.4 Å². The smallest absolute Gasteiger partial charge is 0.295 e. The van der Waals surface area contributed by atoms with Crippen molar-refractivity contribution in [3.8, 4) is 39.3 Å². The molecule has 3 nitrogen and oxygen atoms in total. The number of aryl methyl sites for hydroxylation is 2. The minimum Gasteiger partial charge on any atom is -0.456 e. The molecule has 0 aliphatic heterocycles. The van der Waals surface area contributed by atoms with E-state index in [4.69, 9.17) is 4.42 Å². The summed E-state index contributed by atoms with van der Waals surface area (Å²) >= 11 is 0. The average Bonchev–Trinajstić information content (AvgIpc) is 3.54. The van der Waals surface area contributed by atoms with Crippen molar-refractivity contribution >= 4 is 33.0 Å². The Kier molecular flexibility index (Phi) is 5.76. The third-order valence-electron chi connectivity index (χ3n) is 8.46. The van der Waals surface area contributed by atoms with E-state index in [0.29, 0.717) is 5.58 Å². The predicted octanol–water partition coefficient (Wildman–Crippen LogP) is 9.80. The van der Waals surface area contributed by atoms with Crippen LogP contribution in [0.15, 0.2) is 138 Å². The van der Waals surface area contributed by atoms with Gasteiger partial charge in [0.1, 0.15) is 22.7 Å². The number of para-hydroxylation sites is 3. The van der Waals surface area contributed by atoms with Crippen LogP contribution in [0.5, 0.6) is 0 Å². The minimum atomic E-state index is -0.305. The Morgan fingerprint density at radius 2 is 1.23 bits per heavy atom. The lowest BCUT2D eigenvalue weighted by Crippen LogP contribution is -2.30. The Morgan fingerprint density at radius 3 is 1.93 bits per heavy atom. The molecule has 43 heavy (non-hydrogen) atoms. The molecule has 2 aromatic heterocycles. The number of rotatable bonds is 4. The van der Waals surface area contributed by atoms with Gasteiger partial charge in [0.25, 0.3) is 5.82 Å². The first-order chi connectivity index (χ1) is 21.1. The van der Waals surface area contributed by atoms with E-state index in [-0.39, 0.29) is 5.82 Å². The number of imidazole rings is 1. The fourth-order valence-electron chi connectivity index (χ4n) is 6.47. The van der Waals surface area contributed by atoms with Gasteiger partial charge in [0.15, 0.2) is 11.0 Å². The molecule has 6 aromatic carbocycles. The van der Waals surface area contributed by atoms with Crippen LogP contribution < -0.4 is 4.57 Å². The molecule has 0 aliphatic carbocycles. The maximum Gasteiger partial charge on any atom is 0.295 e. The Hall–Kier alpha value is -5.48. The second-order valence-corrected chi connectivity index (χ2v) is 11.0. The Morgan fingerprint density at radius 1 is 0.605 bits per heavy atom. The molecule has 0 unspecified atom stereocenters. The van der Waals surface area contributed by atoms with Gasteiger partial charge in [-0.3, -0.25) is 0 Å². The lowest BCUT2D eigenvalue weighted by molar-refractivity contribution is -0.633. The summed E-state index contributed by atoms with van der Waals surface area (Å²) in [6.45, 7) is 2.14. The molecule has 8 aromatic rings. The molecule has 2 heterocycles. The first kappa shape index (κ1) is 25.2. The van der Waals surface area contributed by atoms with E-state index < -0.39 is 0 Å². The molecule has 0 spiro atoms. The predicted molar refractivity (Wildman–Crippen MR) is 173 cm³/mol. The van der Waals surface area contributed by atoms with Crippen molar-refractivity contribution in [2.24, 2.45) is 7.05 Å². The summed E-state index contributed by atoms with van der Waals surface area (Å²) in [6, 6.07) is 45.3. The zero-order valence-corrected chi connectivity index (χ0v) is 23.9. The van der Waals surface area contributed by atoms with Gasteiger partial charge in [-0.2, -0.15) is 4.57 Å². The summed E-state index contributed by atoms with van der Waals surface area (Å²) in [5.74, 6) is 0.730. The highest BCUT2D eigenvalue weighted by Gasteiger charge is 2.31. The van der Waals surface area contributed by atoms with Crippen molar-refractivity contribution in [2.75, 3.05) is 0 Å². The second-order valence-electron chi connectivity index (χ2n) is 11.0. The molecule has 206 valence electrons. The summed E-state index contributed by atoms with van der Waals surface area (Å²) in [5.41, 5.74) is 11.3. The zero-order chi connectivity index (χ0) is 29.1. The number of benzene rings is 6. The van der Waals surface area contributed by atoms with Gasteiger partial charge in [-0.15, -0.1) is 0 Å². The SMILES string of the molecule is Cc1cc2c(cc1-c1n(-c3c(-c4ccccc4)cccc3-c3ccccc3)c3ccccc3[n+]1C)oc1cc(F)ccc12. The van der Waals surface area contributed by atoms with Crippen LogP contribution in [0.25, 0.3) is 72.3 Å². The molecular weight excluding hydrogens is 531 g/mol. The minimum absolute atomic E-state index is 0.305. The van der Waals surface area contributed by atoms with Crippen LogP contribution in [-0.4, -0.2) is 4.57 Å². The number of nitrogens with zero attached hydrogens (tertiary/aromatic N) is 2. The first-order valence-corrected chi connectivity index (χ1v) is 14.4. The lowest BCUT2D eigenvalue weighted by atomic mass is 9.95. The molecule has 0 fully saturated rings. The monoisotopic (exact) mass is 559 g/mol. The van der Waals surface area contributed by atoms with Gasteiger partial charge in [0.05, 0.1) is 12.6 Å². The van der Waals surface area contributed by atoms with Gasteiger partial charge >= 0.3 is 0 Å². The molecule has 0 N–H and O–H groups in total. The van der Waals surface area contributed by atoms with E-state index >= 15 is 0 Å². The number of furan rings is 1. The molecule has 4 heteroatoms.